The van der Waals surface area contributed by atoms with E-state index in [1.54, 1.807) is 18.2 Å². The van der Waals surface area contributed by atoms with Crippen LogP contribution in [0.15, 0.2) is 94.3 Å². The fourth-order valence-electron chi connectivity index (χ4n) is 3.04. The van der Waals surface area contributed by atoms with Gasteiger partial charge in [-0.1, -0.05) is 76.6 Å². The third-order valence-corrected chi connectivity index (χ3v) is 6.70. The molecule has 0 bridgehead atoms. The van der Waals surface area contributed by atoms with Crippen LogP contribution >= 0.6 is 15.9 Å². The number of rotatable bonds is 8. The van der Waals surface area contributed by atoms with Gasteiger partial charge in [0.2, 0.25) is 15.9 Å². The molecular weight excluding hydrogens is 464 g/mol. The number of nitrogens with one attached hydrogen (secondary N) is 2. The number of hydrogen-bond donors (Lipinski definition) is 2. The molecule has 2 atom stereocenters. The zero-order valence-electron chi connectivity index (χ0n) is 16.5. The van der Waals surface area contributed by atoms with Crippen molar-refractivity contribution < 1.29 is 13.2 Å². The minimum Gasteiger partial charge on any atom is -0.348 e. The maximum Gasteiger partial charge on any atom is 0.241 e. The summed E-state index contributed by atoms with van der Waals surface area (Å²) in [6, 6.07) is 23.8. The average molecular weight is 487 g/mol. The number of carbonyl (C=O) groups is 1. The van der Waals surface area contributed by atoms with Crippen LogP contribution in [0.1, 0.15) is 24.1 Å². The molecule has 3 aromatic carbocycles. The van der Waals surface area contributed by atoms with Gasteiger partial charge in [-0.25, -0.2) is 8.42 Å². The molecule has 2 N–H and O–H groups in total. The van der Waals surface area contributed by atoms with Gasteiger partial charge in [0.25, 0.3) is 0 Å². The highest BCUT2D eigenvalue weighted by Gasteiger charge is 2.27. The topological polar surface area (TPSA) is 75.3 Å². The van der Waals surface area contributed by atoms with Crippen molar-refractivity contribution in [2.24, 2.45) is 0 Å². The Labute approximate surface area is 185 Å². The van der Waals surface area contributed by atoms with E-state index in [1.807, 2.05) is 61.5 Å². The van der Waals surface area contributed by atoms with Crippen LogP contribution in [0.4, 0.5) is 0 Å². The number of halogens is 1. The molecule has 0 spiro atoms. The molecule has 0 saturated heterocycles. The normalized spacial score (nSPS) is 13.4. The molecule has 0 radical (unpaired) electrons. The Morgan fingerprint density at radius 1 is 0.900 bits per heavy atom. The molecular formula is C23H23BrN2O3S. The largest absolute Gasteiger partial charge is 0.348 e. The summed E-state index contributed by atoms with van der Waals surface area (Å²) in [6.07, 6.45) is 0.242. The van der Waals surface area contributed by atoms with Gasteiger partial charge in [-0.05, 0) is 48.7 Å². The molecule has 0 aromatic heterocycles. The highest BCUT2D eigenvalue weighted by Crippen LogP contribution is 2.17. The molecule has 7 heteroatoms. The van der Waals surface area contributed by atoms with Crippen molar-refractivity contribution in [2.45, 2.75) is 30.3 Å². The molecule has 0 aliphatic heterocycles. The molecule has 0 aliphatic carbocycles. The summed E-state index contributed by atoms with van der Waals surface area (Å²) in [4.78, 5) is 13.2. The van der Waals surface area contributed by atoms with Crippen molar-refractivity contribution in [3.05, 3.63) is 101 Å². The van der Waals surface area contributed by atoms with Gasteiger partial charge in [0.1, 0.15) is 6.04 Å². The summed E-state index contributed by atoms with van der Waals surface area (Å²) in [5.41, 5.74) is 1.79. The Morgan fingerprint density at radius 2 is 1.47 bits per heavy atom. The molecule has 0 heterocycles. The third-order valence-electron chi connectivity index (χ3n) is 4.68. The maximum atomic E-state index is 13.1. The first kappa shape index (κ1) is 22.2. The van der Waals surface area contributed by atoms with E-state index in [0.717, 1.165) is 15.6 Å². The standard InChI is InChI=1S/C23H23BrN2O3S/c1-17(19-12-14-20(24)15-13-19)25-23(27)22(16-18-8-4-2-5-9-18)26-30(28,29)21-10-6-3-7-11-21/h2-15,17,22,26H,16H2,1H3,(H,25,27)/t17-,22+/m0/s1. The van der Waals surface area contributed by atoms with E-state index < -0.39 is 16.1 Å². The monoisotopic (exact) mass is 486 g/mol. The lowest BCUT2D eigenvalue weighted by Crippen LogP contribution is -2.48. The van der Waals surface area contributed by atoms with Crippen molar-refractivity contribution in [3.63, 3.8) is 0 Å². The molecule has 3 aromatic rings. The van der Waals surface area contributed by atoms with E-state index in [9.17, 15) is 13.2 Å². The second kappa shape index (κ2) is 10.0. The van der Waals surface area contributed by atoms with Crippen LogP contribution in [0.2, 0.25) is 0 Å². The van der Waals surface area contributed by atoms with Gasteiger partial charge >= 0.3 is 0 Å². The fraction of sp³-hybridized carbons (Fsp3) is 0.174. The summed E-state index contributed by atoms with van der Waals surface area (Å²) in [5.74, 6) is -0.381. The minimum absolute atomic E-state index is 0.122. The Morgan fingerprint density at radius 3 is 2.07 bits per heavy atom. The van der Waals surface area contributed by atoms with Crippen LogP contribution in [-0.2, 0) is 21.2 Å². The van der Waals surface area contributed by atoms with Crippen LogP contribution in [-0.4, -0.2) is 20.4 Å². The smallest absolute Gasteiger partial charge is 0.241 e. The highest BCUT2D eigenvalue weighted by molar-refractivity contribution is 9.10. The van der Waals surface area contributed by atoms with Gasteiger partial charge < -0.3 is 5.32 Å². The summed E-state index contributed by atoms with van der Waals surface area (Å²) < 4.78 is 29.2. The minimum atomic E-state index is -3.85. The van der Waals surface area contributed by atoms with Gasteiger partial charge in [-0.15, -0.1) is 0 Å². The SMILES string of the molecule is C[C@H](NC(=O)[C@@H](Cc1ccccc1)NS(=O)(=O)c1ccccc1)c1ccc(Br)cc1. The van der Waals surface area contributed by atoms with Crippen molar-refractivity contribution in [2.75, 3.05) is 0 Å². The second-order valence-corrected chi connectivity index (χ2v) is 9.59. The van der Waals surface area contributed by atoms with Crippen LogP contribution < -0.4 is 10.0 Å². The Balaban J connectivity index is 1.81. The lowest BCUT2D eigenvalue weighted by Gasteiger charge is -2.22. The highest BCUT2D eigenvalue weighted by atomic mass is 79.9. The first-order valence-corrected chi connectivity index (χ1v) is 11.8. The lowest BCUT2D eigenvalue weighted by atomic mass is 10.0. The first-order chi connectivity index (χ1) is 14.3. The Kier molecular flexibility index (Phi) is 7.42. The molecule has 0 unspecified atom stereocenters. The molecule has 156 valence electrons. The van der Waals surface area contributed by atoms with E-state index in [2.05, 4.69) is 26.0 Å². The van der Waals surface area contributed by atoms with Crippen LogP contribution in [0.25, 0.3) is 0 Å². The average Bonchev–Trinajstić information content (AvgIpc) is 2.75. The van der Waals surface area contributed by atoms with Crippen LogP contribution in [0.5, 0.6) is 0 Å². The quantitative estimate of drug-likeness (QED) is 0.500. The van der Waals surface area contributed by atoms with Gasteiger partial charge in [-0.2, -0.15) is 4.72 Å². The molecule has 30 heavy (non-hydrogen) atoms. The summed E-state index contributed by atoms with van der Waals surface area (Å²) in [5, 5.41) is 2.93. The van der Waals surface area contributed by atoms with Crippen molar-refractivity contribution in [3.8, 4) is 0 Å². The van der Waals surface area contributed by atoms with E-state index in [0.29, 0.717) is 0 Å². The van der Waals surface area contributed by atoms with Crippen molar-refractivity contribution >= 4 is 31.9 Å². The summed E-state index contributed by atoms with van der Waals surface area (Å²) in [7, 11) is -3.85. The summed E-state index contributed by atoms with van der Waals surface area (Å²) in [6.45, 7) is 1.87. The van der Waals surface area contributed by atoms with E-state index in [4.69, 9.17) is 0 Å². The van der Waals surface area contributed by atoms with Gasteiger partial charge in [-0.3, -0.25) is 4.79 Å². The van der Waals surface area contributed by atoms with Gasteiger partial charge in [0.05, 0.1) is 10.9 Å². The van der Waals surface area contributed by atoms with Crippen molar-refractivity contribution in [1.82, 2.24) is 10.0 Å². The van der Waals surface area contributed by atoms with Gasteiger partial charge in [0, 0.05) is 4.47 Å². The molecule has 0 fully saturated rings. The maximum absolute atomic E-state index is 13.1. The molecule has 1 amide bonds. The predicted molar refractivity (Wildman–Crippen MR) is 121 cm³/mol. The number of amides is 1. The number of sulfonamides is 1. The molecule has 3 rings (SSSR count). The molecule has 0 saturated carbocycles. The fourth-order valence-corrected chi connectivity index (χ4v) is 4.52. The zero-order valence-corrected chi connectivity index (χ0v) is 18.9. The van der Waals surface area contributed by atoms with Crippen LogP contribution in [0.3, 0.4) is 0 Å². The van der Waals surface area contributed by atoms with E-state index in [1.165, 1.54) is 12.1 Å². The number of hydrogen-bond acceptors (Lipinski definition) is 3. The Bertz CT molecular complexity index is 1070. The summed E-state index contributed by atoms with van der Waals surface area (Å²) >= 11 is 3.40. The molecule has 0 aliphatic rings. The van der Waals surface area contributed by atoms with E-state index in [-0.39, 0.29) is 23.3 Å². The zero-order chi connectivity index (χ0) is 21.6. The second-order valence-electron chi connectivity index (χ2n) is 6.96. The van der Waals surface area contributed by atoms with Gasteiger partial charge in [0.15, 0.2) is 0 Å². The lowest BCUT2D eigenvalue weighted by molar-refractivity contribution is -0.123. The first-order valence-electron chi connectivity index (χ1n) is 9.52. The van der Waals surface area contributed by atoms with Crippen LogP contribution in [0, 0.1) is 0 Å². The third kappa shape index (κ3) is 6.01. The number of benzene rings is 3. The predicted octanol–water partition coefficient (Wildman–Crippen LogP) is 4.22. The number of carbonyl (C=O) groups excluding carboxylic acids is 1. The molecule has 5 nitrogen and oxygen atoms in total. The van der Waals surface area contributed by atoms with Crippen molar-refractivity contribution in [1.29, 1.82) is 0 Å². The Hall–Kier alpha value is -2.48. The van der Waals surface area contributed by atoms with E-state index >= 15 is 0 Å².